The monoisotopic (exact) mass is 191 g/mol. The standard InChI is InChI=1S/C12H17NO/c1-2-7-12(9-5-10-13)8-4-3-6-11(12)14/h2H,1,3-9H2/t12-/m1/s1. The van der Waals surface area contributed by atoms with Crippen LogP contribution in [0.25, 0.3) is 0 Å². The molecule has 0 aliphatic heterocycles. The number of hydrogen-bond acceptors (Lipinski definition) is 2. The van der Waals surface area contributed by atoms with E-state index in [1.165, 1.54) is 0 Å². The number of rotatable bonds is 4. The lowest BCUT2D eigenvalue weighted by molar-refractivity contribution is -0.131. The van der Waals surface area contributed by atoms with Gasteiger partial charge in [0.1, 0.15) is 5.78 Å². The summed E-state index contributed by atoms with van der Waals surface area (Å²) in [4.78, 5) is 11.9. The minimum atomic E-state index is -0.240. The van der Waals surface area contributed by atoms with Gasteiger partial charge in [-0.15, -0.1) is 6.58 Å². The number of nitrogens with zero attached hydrogens (tertiary/aromatic N) is 1. The first kappa shape index (κ1) is 11.0. The van der Waals surface area contributed by atoms with Gasteiger partial charge < -0.3 is 0 Å². The van der Waals surface area contributed by atoms with Crippen LogP contribution in [-0.4, -0.2) is 5.78 Å². The Balaban J connectivity index is 2.72. The number of nitriles is 1. The van der Waals surface area contributed by atoms with Crippen LogP contribution in [0.4, 0.5) is 0 Å². The van der Waals surface area contributed by atoms with E-state index in [2.05, 4.69) is 12.6 Å². The predicted molar refractivity (Wildman–Crippen MR) is 55.6 cm³/mol. The molecule has 1 aliphatic carbocycles. The first-order valence-corrected chi connectivity index (χ1v) is 5.26. The number of ketones is 1. The summed E-state index contributed by atoms with van der Waals surface area (Å²) in [6.07, 6.45) is 7.54. The van der Waals surface area contributed by atoms with Gasteiger partial charge in [-0.1, -0.05) is 12.5 Å². The molecule has 0 N–H and O–H groups in total. The van der Waals surface area contributed by atoms with Crippen molar-refractivity contribution in [3.63, 3.8) is 0 Å². The van der Waals surface area contributed by atoms with Gasteiger partial charge in [0.25, 0.3) is 0 Å². The normalized spacial score (nSPS) is 26.9. The first-order chi connectivity index (χ1) is 6.75. The molecule has 0 bridgehead atoms. The van der Waals surface area contributed by atoms with E-state index in [-0.39, 0.29) is 5.41 Å². The Bertz CT molecular complexity index is 264. The van der Waals surface area contributed by atoms with Crippen molar-refractivity contribution >= 4 is 5.78 Å². The van der Waals surface area contributed by atoms with Crippen molar-refractivity contribution < 1.29 is 4.79 Å². The highest BCUT2D eigenvalue weighted by atomic mass is 16.1. The van der Waals surface area contributed by atoms with Crippen LogP contribution in [0.5, 0.6) is 0 Å². The largest absolute Gasteiger partial charge is 0.299 e. The third-order valence-electron chi connectivity index (χ3n) is 3.15. The molecule has 2 heteroatoms. The fourth-order valence-electron chi connectivity index (χ4n) is 2.31. The predicted octanol–water partition coefficient (Wildman–Crippen LogP) is 3.00. The molecule has 1 fully saturated rings. The zero-order valence-corrected chi connectivity index (χ0v) is 8.59. The van der Waals surface area contributed by atoms with E-state index in [1.807, 2.05) is 6.08 Å². The van der Waals surface area contributed by atoms with Crippen molar-refractivity contribution in [3.05, 3.63) is 12.7 Å². The molecule has 0 radical (unpaired) electrons. The van der Waals surface area contributed by atoms with Crippen LogP contribution in [0.2, 0.25) is 0 Å². The maximum Gasteiger partial charge on any atom is 0.139 e. The lowest BCUT2D eigenvalue weighted by Gasteiger charge is -2.34. The topological polar surface area (TPSA) is 40.9 Å². The van der Waals surface area contributed by atoms with Crippen LogP contribution in [0.3, 0.4) is 0 Å². The van der Waals surface area contributed by atoms with Crippen LogP contribution in [0.1, 0.15) is 44.9 Å². The molecule has 2 nitrogen and oxygen atoms in total. The fraction of sp³-hybridized carbons (Fsp3) is 0.667. The molecule has 0 aromatic heterocycles. The highest BCUT2D eigenvalue weighted by molar-refractivity contribution is 5.85. The highest BCUT2D eigenvalue weighted by Gasteiger charge is 2.37. The van der Waals surface area contributed by atoms with Gasteiger partial charge in [-0.05, 0) is 25.7 Å². The second kappa shape index (κ2) is 4.95. The molecule has 0 aromatic rings. The van der Waals surface area contributed by atoms with Crippen molar-refractivity contribution in [3.8, 4) is 6.07 Å². The number of allylic oxidation sites excluding steroid dienone is 1. The Labute approximate surface area is 85.6 Å². The lowest BCUT2D eigenvalue weighted by atomic mass is 9.68. The van der Waals surface area contributed by atoms with Crippen LogP contribution in [0, 0.1) is 16.7 Å². The van der Waals surface area contributed by atoms with Gasteiger partial charge in [0.2, 0.25) is 0 Å². The lowest BCUT2D eigenvalue weighted by Crippen LogP contribution is -2.33. The number of carbonyl (C=O) groups excluding carboxylic acids is 1. The second-order valence-electron chi connectivity index (χ2n) is 4.06. The Morgan fingerprint density at radius 2 is 2.36 bits per heavy atom. The minimum Gasteiger partial charge on any atom is -0.299 e. The Hall–Kier alpha value is -1.10. The molecule has 76 valence electrons. The molecule has 14 heavy (non-hydrogen) atoms. The van der Waals surface area contributed by atoms with Crippen LogP contribution in [-0.2, 0) is 4.79 Å². The van der Waals surface area contributed by atoms with E-state index < -0.39 is 0 Å². The van der Waals surface area contributed by atoms with E-state index in [1.54, 1.807) is 0 Å². The molecular formula is C12H17NO. The maximum atomic E-state index is 11.9. The van der Waals surface area contributed by atoms with Gasteiger partial charge in [0.15, 0.2) is 0 Å². The van der Waals surface area contributed by atoms with Gasteiger partial charge >= 0.3 is 0 Å². The zero-order valence-electron chi connectivity index (χ0n) is 8.59. The Kier molecular flexibility index (Phi) is 3.88. The molecule has 1 aliphatic rings. The van der Waals surface area contributed by atoms with Gasteiger partial charge in [-0.25, -0.2) is 0 Å². The van der Waals surface area contributed by atoms with Gasteiger partial charge in [0, 0.05) is 18.3 Å². The number of Topliss-reactive ketones (excluding diaryl/α,β-unsaturated/α-hetero) is 1. The minimum absolute atomic E-state index is 0.240. The van der Waals surface area contributed by atoms with E-state index in [4.69, 9.17) is 5.26 Å². The highest BCUT2D eigenvalue weighted by Crippen LogP contribution is 2.40. The molecule has 0 saturated heterocycles. The summed E-state index contributed by atoms with van der Waals surface area (Å²) in [6.45, 7) is 3.71. The van der Waals surface area contributed by atoms with Gasteiger partial charge in [-0.2, -0.15) is 5.26 Å². The molecule has 1 saturated carbocycles. The molecule has 0 spiro atoms. The Morgan fingerprint density at radius 1 is 1.57 bits per heavy atom. The van der Waals surface area contributed by atoms with Gasteiger partial charge in [-0.3, -0.25) is 4.79 Å². The first-order valence-electron chi connectivity index (χ1n) is 5.26. The summed E-state index contributed by atoms with van der Waals surface area (Å²) < 4.78 is 0. The summed E-state index contributed by atoms with van der Waals surface area (Å²) in [6, 6.07) is 2.13. The van der Waals surface area contributed by atoms with E-state index in [0.717, 1.165) is 25.7 Å². The van der Waals surface area contributed by atoms with Crippen LogP contribution >= 0.6 is 0 Å². The summed E-state index contributed by atoms with van der Waals surface area (Å²) in [7, 11) is 0. The summed E-state index contributed by atoms with van der Waals surface area (Å²) in [5, 5.41) is 8.58. The SMILES string of the molecule is C=CC[C@]1(CCC#N)CCCCC1=O. The van der Waals surface area contributed by atoms with Gasteiger partial charge in [0.05, 0.1) is 6.07 Å². The van der Waals surface area contributed by atoms with Crippen molar-refractivity contribution in [2.24, 2.45) is 5.41 Å². The summed E-state index contributed by atoms with van der Waals surface area (Å²) in [5.41, 5.74) is -0.240. The molecule has 0 aromatic carbocycles. The quantitative estimate of drug-likeness (QED) is 0.641. The molecular weight excluding hydrogens is 174 g/mol. The van der Waals surface area contributed by atoms with Crippen molar-refractivity contribution in [1.29, 1.82) is 5.26 Å². The summed E-state index contributed by atoms with van der Waals surface area (Å²) in [5.74, 6) is 0.346. The molecule has 1 atom stereocenters. The van der Waals surface area contributed by atoms with Crippen molar-refractivity contribution in [2.45, 2.75) is 44.9 Å². The van der Waals surface area contributed by atoms with E-state index >= 15 is 0 Å². The maximum absolute atomic E-state index is 11.9. The third kappa shape index (κ3) is 2.23. The Morgan fingerprint density at radius 3 is 2.93 bits per heavy atom. The number of carbonyl (C=O) groups is 1. The smallest absolute Gasteiger partial charge is 0.139 e. The second-order valence-corrected chi connectivity index (χ2v) is 4.06. The third-order valence-corrected chi connectivity index (χ3v) is 3.15. The van der Waals surface area contributed by atoms with Crippen LogP contribution < -0.4 is 0 Å². The average Bonchev–Trinajstić information content (AvgIpc) is 2.20. The average molecular weight is 191 g/mol. The number of hydrogen-bond donors (Lipinski definition) is 0. The molecule has 0 heterocycles. The molecule has 1 rings (SSSR count). The van der Waals surface area contributed by atoms with Crippen molar-refractivity contribution in [2.75, 3.05) is 0 Å². The van der Waals surface area contributed by atoms with E-state index in [9.17, 15) is 4.79 Å². The summed E-state index contributed by atoms with van der Waals surface area (Å²) >= 11 is 0. The van der Waals surface area contributed by atoms with Crippen molar-refractivity contribution in [1.82, 2.24) is 0 Å². The zero-order chi connectivity index (χ0) is 10.4. The van der Waals surface area contributed by atoms with E-state index in [0.29, 0.717) is 25.0 Å². The van der Waals surface area contributed by atoms with Crippen LogP contribution in [0.15, 0.2) is 12.7 Å². The molecule has 0 amide bonds. The molecule has 0 unspecified atom stereocenters. The fourth-order valence-corrected chi connectivity index (χ4v) is 2.31.